The Hall–Kier alpha value is -3.19. The summed E-state index contributed by atoms with van der Waals surface area (Å²) in [6, 6.07) is 19.1. The Bertz CT molecular complexity index is 1010. The molecule has 0 spiro atoms. The van der Waals surface area contributed by atoms with Gasteiger partial charge in [0.2, 0.25) is 0 Å². The van der Waals surface area contributed by atoms with E-state index in [0.29, 0.717) is 6.54 Å². The van der Waals surface area contributed by atoms with Gasteiger partial charge in [-0.2, -0.15) is 8.78 Å². The molecule has 0 saturated carbocycles. The number of methoxy groups -OCH3 is 1. The van der Waals surface area contributed by atoms with E-state index in [4.69, 9.17) is 4.74 Å². The Morgan fingerprint density at radius 3 is 2.47 bits per heavy atom. The summed E-state index contributed by atoms with van der Waals surface area (Å²) in [6.07, 6.45) is 0. The Kier molecular flexibility index (Phi) is 7.19. The van der Waals surface area contributed by atoms with Crippen LogP contribution in [0.15, 0.2) is 60.7 Å². The van der Waals surface area contributed by atoms with E-state index in [2.05, 4.69) is 40.4 Å². The third-order valence-corrected chi connectivity index (χ3v) is 4.72. The molecule has 3 aromatic rings. The average molecular weight is 415 g/mol. The quantitative estimate of drug-likeness (QED) is 0.565. The number of hydrogen-bond acceptors (Lipinski definition) is 3. The molecule has 0 radical (unpaired) electrons. The summed E-state index contributed by atoms with van der Waals surface area (Å²) in [5.74, 6) is 0.0587. The highest BCUT2D eigenvalue weighted by Gasteiger charge is 2.13. The van der Waals surface area contributed by atoms with Gasteiger partial charge in [0.15, 0.2) is 18.0 Å². The highest BCUT2D eigenvalue weighted by atomic mass is 19.3. The molecule has 0 fully saturated rings. The number of fused-ring (bicyclic) bond motifs is 1. The van der Waals surface area contributed by atoms with Gasteiger partial charge >= 0.3 is 6.61 Å². The Morgan fingerprint density at radius 2 is 1.73 bits per heavy atom. The number of nitrogens with one attached hydrogen (secondary N) is 2. The van der Waals surface area contributed by atoms with E-state index >= 15 is 0 Å². The normalized spacial score (nSPS) is 12.0. The zero-order valence-corrected chi connectivity index (χ0v) is 17.0. The van der Waals surface area contributed by atoms with Crippen molar-refractivity contribution in [3.05, 3.63) is 71.8 Å². The zero-order valence-electron chi connectivity index (χ0n) is 17.0. The molecule has 0 aliphatic carbocycles. The number of benzene rings is 3. The lowest BCUT2D eigenvalue weighted by molar-refractivity contribution is -0.885. The Labute approximate surface area is 174 Å². The van der Waals surface area contributed by atoms with Crippen LogP contribution in [0.1, 0.15) is 11.1 Å². The third-order valence-electron chi connectivity index (χ3n) is 4.72. The summed E-state index contributed by atoms with van der Waals surface area (Å²) in [7, 11) is 3.34. The molecule has 5 nitrogen and oxygen atoms in total. The number of carbonyl (C=O) groups is 1. The van der Waals surface area contributed by atoms with Gasteiger partial charge in [-0.25, -0.2) is 0 Å². The molecule has 3 aromatic carbocycles. The standard InChI is InChI=1S/C23H24F2N2O3/c1-27(14-17-7-9-18-5-3-4-6-19(18)11-17)15-22(28)26-13-16-8-10-20(30-23(24)25)21(12-16)29-2/h3-12,23H,13-15H2,1-2H3,(H,26,28)/p+1. The van der Waals surface area contributed by atoms with Gasteiger partial charge < -0.3 is 19.7 Å². The van der Waals surface area contributed by atoms with E-state index in [1.54, 1.807) is 12.1 Å². The van der Waals surface area contributed by atoms with Crippen LogP contribution in [-0.4, -0.2) is 33.2 Å². The summed E-state index contributed by atoms with van der Waals surface area (Å²) in [4.78, 5) is 13.4. The first-order valence-corrected chi connectivity index (χ1v) is 9.62. The monoisotopic (exact) mass is 415 g/mol. The van der Waals surface area contributed by atoms with Gasteiger partial charge in [-0.15, -0.1) is 0 Å². The minimum Gasteiger partial charge on any atom is -0.493 e. The van der Waals surface area contributed by atoms with Gasteiger partial charge in [0.1, 0.15) is 6.54 Å². The van der Waals surface area contributed by atoms with Crippen LogP contribution in [0, 0.1) is 0 Å². The number of likely N-dealkylation sites (N-methyl/N-ethyl adjacent to an activating group) is 1. The third kappa shape index (κ3) is 5.90. The first-order chi connectivity index (χ1) is 14.4. The Balaban J connectivity index is 1.52. The SMILES string of the molecule is COc1cc(CNC(=O)C[NH+](C)Cc2ccc3ccccc3c2)ccc1OC(F)F. The van der Waals surface area contributed by atoms with Crippen molar-refractivity contribution in [1.29, 1.82) is 0 Å². The second kappa shape index (κ2) is 10.0. The second-order valence-electron chi connectivity index (χ2n) is 7.13. The number of carbonyl (C=O) groups excluding carboxylic acids is 1. The van der Waals surface area contributed by atoms with Crippen molar-refractivity contribution in [3.63, 3.8) is 0 Å². The van der Waals surface area contributed by atoms with E-state index in [-0.39, 0.29) is 24.0 Å². The van der Waals surface area contributed by atoms with Crippen LogP contribution in [0.3, 0.4) is 0 Å². The number of halogens is 2. The molecule has 1 atom stereocenters. The fraction of sp³-hybridized carbons (Fsp3) is 0.261. The molecule has 1 unspecified atom stereocenters. The average Bonchev–Trinajstić information content (AvgIpc) is 2.72. The van der Waals surface area contributed by atoms with Gasteiger partial charge in [0.05, 0.1) is 14.2 Å². The minimum absolute atomic E-state index is 0.0397. The first-order valence-electron chi connectivity index (χ1n) is 9.62. The fourth-order valence-electron chi connectivity index (χ4n) is 3.31. The molecule has 158 valence electrons. The van der Waals surface area contributed by atoms with E-state index in [9.17, 15) is 13.6 Å². The maximum Gasteiger partial charge on any atom is 0.387 e. The van der Waals surface area contributed by atoms with Gasteiger partial charge in [-0.1, -0.05) is 42.5 Å². The molecule has 2 N–H and O–H groups in total. The number of amides is 1. The molecule has 0 heterocycles. The predicted octanol–water partition coefficient (Wildman–Crippen LogP) is 2.78. The number of hydrogen-bond donors (Lipinski definition) is 2. The fourth-order valence-corrected chi connectivity index (χ4v) is 3.31. The first kappa shape index (κ1) is 21.5. The van der Waals surface area contributed by atoms with Crippen LogP contribution in [0.2, 0.25) is 0 Å². The topological polar surface area (TPSA) is 52.0 Å². The van der Waals surface area contributed by atoms with E-state index < -0.39 is 6.61 Å². The lowest BCUT2D eigenvalue weighted by atomic mass is 10.1. The molecule has 0 saturated heterocycles. The summed E-state index contributed by atoms with van der Waals surface area (Å²) in [5, 5.41) is 5.23. The van der Waals surface area contributed by atoms with Crippen LogP contribution >= 0.6 is 0 Å². The number of rotatable bonds is 9. The number of quaternary nitrogens is 1. The molecular weight excluding hydrogens is 390 g/mol. The van der Waals surface area contributed by atoms with Gasteiger partial charge in [-0.05, 0) is 34.5 Å². The minimum atomic E-state index is -2.93. The summed E-state index contributed by atoms with van der Waals surface area (Å²) >= 11 is 0. The van der Waals surface area contributed by atoms with E-state index in [0.717, 1.165) is 17.0 Å². The highest BCUT2D eigenvalue weighted by molar-refractivity contribution is 5.83. The molecule has 0 aromatic heterocycles. The van der Waals surface area contributed by atoms with Crippen LogP contribution < -0.4 is 19.7 Å². The maximum atomic E-state index is 12.4. The molecule has 0 aliphatic rings. The van der Waals surface area contributed by atoms with Crippen molar-refractivity contribution < 1.29 is 27.9 Å². The molecule has 0 bridgehead atoms. The maximum absolute atomic E-state index is 12.4. The highest BCUT2D eigenvalue weighted by Crippen LogP contribution is 2.29. The van der Waals surface area contributed by atoms with Gasteiger partial charge in [0.25, 0.3) is 5.91 Å². The zero-order chi connectivity index (χ0) is 21.5. The lowest BCUT2D eigenvalue weighted by Gasteiger charge is -2.15. The van der Waals surface area contributed by atoms with E-state index in [1.807, 2.05) is 19.2 Å². The van der Waals surface area contributed by atoms with Crippen molar-refractivity contribution in [2.24, 2.45) is 0 Å². The molecule has 7 heteroatoms. The van der Waals surface area contributed by atoms with E-state index in [1.165, 1.54) is 29.5 Å². The van der Waals surface area contributed by atoms with Crippen LogP contribution in [0.4, 0.5) is 8.78 Å². The largest absolute Gasteiger partial charge is 0.493 e. The number of alkyl halides is 2. The predicted molar refractivity (Wildman–Crippen MR) is 111 cm³/mol. The number of ether oxygens (including phenoxy) is 2. The van der Waals surface area contributed by atoms with Gasteiger partial charge in [-0.3, -0.25) is 4.79 Å². The molecule has 1 amide bonds. The summed E-state index contributed by atoms with van der Waals surface area (Å²) < 4.78 is 34.3. The van der Waals surface area contributed by atoms with Crippen molar-refractivity contribution in [1.82, 2.24) is 5.32 Å². The van der Waals surface area contributed by atoms with Crippen molar-refractivity contribution in [2.45, 2.75) is 19.7 Å². The van der Waals surface area contributed by atoms with Crippen LogP contribution in [-0.2, 0) is 17.9 Å². The summed E-state index contributed by atoms with van der Waals surface area (Å²) in [6.45, 7) is -1.61. The molecule has 3 rings (SSSR count). The molecule has 0 aliphatic heterocycles. The molecular formula is C23H25F2N2O3+. The van der Waals surface area contributed by atoms with Crippen molar-refractivity contribution >= 4 is 16.7 Å². The molecule has 30 heavy (non-hydrogen) atoms. The smallest absolute Gasteiger partial charge is 0.387 e. The second-order valence-corrected chi connectivity index (χ2v) is 7.13. The lowest BCUT2D eigenvalue weighted by Crippen LogP contribution is -3.08. The Morgan fingerprint density at radius 1 is 1.00 bits per heavy atom. The van der Waals surface area contributed by atoms with Crippen molar-refractivity contribution in [2.75, 3.05) is 20.7 Å². The summed E-state index contributed by atoms with van der Waals surface area (Å²) in [5.41, 5.74) is 1.90. The van der Waals surface area contributed by atoms with Gasteiger partial charge in [0, 0.05) is 12.1 Å². The van der Waals surface area contributed by atoms with Crippen molar-refractivity contribution in [3.8, 4) is 11.5 Å². The van der Waals surface area contributed by atoms with Crippen LogP contribution in [0.5, 0.6) is 11.5 Å². The van der Waals surface area contributed by atoms with Crippen LogP contribution in [0.25, 0.3) is 10.8 Å².